The van der Waals surface area contributed by atoms with Crippen LogP contribution in [0.3, 0.4) is 0 Å². The van der Waals surface area contributed by atoms with Crippen molar-refractivity contribution in [3.05, 3.63) is 35.9 Å². The molecule has 0 aliphatic heterocycles. The first-order valence-electron chi connectivity index (χ1n) is 9.05. The Morgan fingerprint density at radius 2 is 1.29 bits per heavy atom. The second kappa shape index (κ2) is 12.9. The second-order valence-electron chi connectivity index (χ2n) is 6.37. The second-order valence-corrected chi connectivity index (χ2v) is 6.37. The summed E-state index contributed by atoms with van der Waals surface area (Å²) in [6, 6.07) is 10.9. The number of hydrogen-bond donors (Lipinski definition) is 0. The van der Waals surface area contributed by atoms with Crippen LogP contribution in [0.15, 0.2) is 30.3 Å². The van der Waals surface area contributed by atoms with Crippen LogP contribution in [-0.4, -0.2) is 25.0 Å². The van der Waals surface area contributed by atoms with E-state index in [0.717, 1.165) is 0 Å². The quantitative estimate of drug-likeness (QED) is 0.421. The van der Waals surface area contributed by atoms with Crippen LogP contribution in [0.5, 0.6) is 0 Å². The van der Waals surface area contributed by atoms with Crippen LogP contribution < -0.4 is 0 Å². The van der Waals surface area contributed by atoms with Gasteiger partial charge in [-0.15, -0.1) is 0 Å². The van der Waals surface area contributed by atoms with Gasteiger partial charge in [0.15, 0.2) is 0 Å². The Morgan fingerprint density at radius 1 is 0.714 bits per heavy atom. The highest BCUT2D eigenvalue weighted by Gasteiger charge is 1.99. The van der Waals surface area contributed by atoms with Crippen molar-refractivity contribution in [2.24, 2.45) is 0 Å². The van der Waals surface area contributed by atoms with Gasteiger partial charge in [0.1, 0.15) is 0 Å². The average molecular weight is 290 g/mol. The first-order valence-corrected chi connectivity index (χ1v) is 9.05. The Labute approximate surface area is 132 Å². The molecule has 0 heterocycles. The van der Waals surface area contributed by atoms with Gasteiger partial charge in [-0.2, -0.15) is 0 Å². The van der Waals surface area contributed by atoms with Crippen LogP contribution in [0.2, 0.25) is 0 Å². The average Bonchev–Trinajstić information content (AvgIpc) is 2.51. The maximum atomic E-state index is 2.52. The van der Waals surface area contributed by atoms with E-state index in [2.05, 4.69) is 49.2 Å². The first kappa shape index (κ1) is 18.2. The lowest BCUT2D eigenvalue weighted by molar-refractivity contribution is 0.315. The topological polar surface area (TPSA) is 3.24 Å². The van der Waals surface area contributed by atoms with E-state index in [1.165, 1.54) is 82.9 Å². The summed E-state index contributed by atoms with van der Waals surface area (Å²) in [5.74, 6) is 0. The molecule has 1 rings (SSSR count). The fourth-order valence-corrected chi connectivity index (χ4v) is 2.81. The maximum Gasteiger partial charge on any atom is -0.00218 e. The number of rotatable bonds is 13. The zero-order valence-electron chi connectivity index (χ0n) is 14.3. The van der Waals surface area contributed by atoms with Crippen LogP contribution in [0.1, 0.15) is 70.3 Å². The van der Waals surface area contributed by atoms with Gasteiger partial charge in [0.2, 0.25) is 0 Å². The molecule has 1 aromatic carbocycles. The fourth-order valence-electron chi connectivity index (χ4n) is 2.81. The minimum absolute atomic E-state index is 1.24. The van der Waals surface area contributed by atoms with Gasteiger partial charge < -0.3 is 4.90 Å². The molecule has 0 spiro atoms. The van der Waals surface area contributed by atoms with Crippen molar-refractivity contribution in [2.45, 2.75) is 71.1 Å². The van der Waals surface area contributed by atoms with E-state index in [4.69, 9.17) is 0 Å². The molecule has 0 aliphatic rings. The molecule has 21 heavy (non-hydrogen) atoms. The van der Waals surface area contributed by atoms with Crippen molar-refractivity contribution in [3.63, 3.8) is 0 Å². The van der Waals surface area contributed by atoms with Gasteiger partial charge >= 0.3 is 0 Å². The summed E-state index contributed by atoms with van der Waals surface area (Å²) >= 11 is 0. The summed E-state index contributed by atoms with van der Waals surface area (Å²) < 4.78 is 0. The summed E-state index contributed by atoms with van der Waals surface area (Å²) in [7, 11) is 2.28. The Morgan fingerprint density at radius 3 is 1.95 bits per heavy atom. The summed E-state index contributed by atoms with van der Waals surface area (Å²) in [5.41, 5.74) is 1.48. The summed E-state index contributed by atoms with van der Waals surface area (Å²) in [5, 5.41) is 0. The molecular formula is C20H35N. The van der Waals surface area contributed by atoms with Crippen LogP contribution in [0, 0.1) is 0 Å². The highest BCUT2D eigenvalue weighted by atomic mass is 15.1. The maximum absolute atomic E-state index is 2.52. The van der Waals surface area contributed by atoms with E-state index in [0.29, 0.717) is 0 Å². The lowest BCUT2D eigenvalue weighted by Gasteiger charge is -2.16. The molecule has 0 aromatic heterocycles. The van der Waals surface area contributed by atoms with Crippen molar-refractivity contribution >= 4 is 0 Å². The Kier molecular flexibility index (Phi) is 11.2. The molecular weight excluding hydrogens is 254 g/mol. The van der Waals surface area contributed by atoms with Gasteiger partial charge in [-0.1, -0.05) is 75.8 Å². The van der Waals surface area contributed by atoms with Crippen molar-refractivity contribution in [1.82, 2.24) is 4.90 Å². The first-order chi connectivity index (χ1) is 10.3. The Bertz CT molecular complexity index is 320. The summed E-state index contributed by atoms with van der Waals surface area (Å²) in [4.78, 5) is 2.52. The third-order valence-corrected chi connectivity index (χ3v) is 4.24. The number of benzene rings is 1. The largest absolute Gasteiger partial charge is 0.306 e. The van der Waals surface area contributed by atoms with Gasteiger partial charge in [-0.3, -0.25) is 0 Å². The molecule has 0 amide bonds. The third kappa shape index (κ3) is 10.5. The van der Waals surface area contributed by atoms with Crippen molar-refractivity contribution in [1.29, 1.82) is 0 Å². The van der Waals surface area contributed by atoms with Gasteiger partial charge in [0, 0.05) is 0 Å². The zero-order valence-corrected chi connectivity index (χ0v) is 14.3. The van der Waals surface area contributed by atoms with Crippen LogP contribution in [0.25, 0.3) is 0 Å². The predicted molar refractivity (Wildman–Crippen MR) is 94.9 cm³/mol. The SMILES string of the molecule is CCCCCCCCN(C)CCCCCc1ccccc1. The van der Waals surface area contributed by atoms with Crippen molar-refractivity contribution in [2.75, 3.05) is 20.1 Å². The summed E-state index contributed by atoms with van der Waals surface area (Å²) in [6.07, 6.45) is 13.7. The van der Waals surface area contributed by atoms with E-state index in [1.807, 2.05) is 0 Å². The molecule has 1 heteroatoms. The monoisotopic (exact) mass is 289 g/mol. The molecule has 0 atom stereocenters. The number of aryl methyl sites for hydroxylation is 1. The molecule has 0 unspecified atom stereocenters. The molecule has 0 radical (unpaired) electrons. The summed E-state index contributed by atoms with van der Waals surface area (Å²) in [6.45, 7) is 4.83. The van der Waals surface area contributed by atoms with E-state index < -0.39 is 0 Å². The van der Waals surface area contributed by atoms with Crippen LogP contribution >= 0.6 is 0 Å². The molecule has 0 saturated heterocycles. The van der Waals surface area contributed by atoms with Crippen LogP contribution in [-0.2, 0) is 6.42 Å². The zero-order chi connectivity index (χ0) is 15.2. The van der Waals surface area contributed by atoms with Crippen LogP contribution in [0.4, 0.5) is 0 Å². The van der Waals surface area contributed by atoms with Gasteiger partial charge in [-0.25, -0.2) is 0 Å². The fraction of sp³-hybridized carbons (Fsp3) is 0.700. The van der Waals surface area contributed by atoms with Gasteiger partial charge in [0.25, 0.3) is 0 Å². The molecule has 0 saturated carbocycles. The number of unbranched alkanes of at least 4 members (excludes halogenated alkanes) is 7. The molecule has 0 N–H and O–H groups in total. The van der Waals surface area contributed by atoms with Crippen molar-refractivity contribution < 1.29 is 0 Å². The van der Waals surface area contributed by atoms with Crippen molar-refractivity contribution in [3.8, 4) is 0 Å². The number of nitrogens with zero attached hydrogens (tertiary/aromatic N) is 1. The highest BCUT2D eigenvalue weighted by molar-refractivity contribution is 5.14. The Hall–Kier alpha value is -0.820. The molecule has 0 fully saturated rings. The van der Waals surface area contributed by atoms with E-state index in [-0.39, 0.29) is 0 Å². The number of hydrogen-bond acceptors (Lipinski definition) is 1. The normalized spacial score (nSPS) is 11.2. The molecule has 0 bridgehead atoms. The molecule has 120 valence electrons. The molecule has 1 nitrogen and oxygen atoms in total. The van der Waals surface area contributed by atoms with Gasteiger partial charge in [-0.05, 0) is 51.4 Å². The van der Waals surface area contributed by atoms with E-state index in [9.17, 15) is 0 Å². The third-order valence-electron chi connectivity index (χ3n) is 4.24. The highest BCUT2D eigenvalue weighted by Crippen LogP contribution is 2.08. The predicted octanol–water partition coefficient (Wildman–Crippen LogP) is 5.69. The minimum atomic E-state index is 1.24. The standard InChI is InChI=1S/C20H35N/c1-3-4-5-6-7-13-18-21(2)19-14-9-12-17-20-15-10-8-11-16-20/h8,10-11,15-16H,3-7,9,12-14,17-19H2,1-2H3. The Balaban J connectivity index is 1.88. The van der Waals surface area contributed by atoms with Gasteiger partial charge in [0.05, 0.1) is 0 Å². The van der Waals surface area contributed by atoms with E-state index in [1.54, 1.807) is 0 Å². The molecule has 1 aromatic rings. The lowest BCUT2D eigenvalue weighted by Crippen LogP contribution is -2.20. The lowest BCUT2D eigenvalue weighted by atomic mass is 10.1. The minimum Gasteiger partial charge on any atom is -0.306 e. The smallest absolute Gasteiger partial charge is 0.00218 e. The van der Waals surface area contributed by atoms with E-state index >= 15 is 0 Å². The molecule has 0 aliphatic carbocycles.